The van der Waals surface area contributed by atoms with Crippen LogP contribution in [0.2, 0.25) is 0 Å². The van der Waals surface area contributed by atoms with Crippen LogP contribution in [0.15, 0.2) is 46.9 Å². The van der Waals surface area contributed by atoms with Crippen molar-refractivity contribution in [2.24, 2.45) is 0 Å². The fourth-order valence-corrected chi connectivity index (χ4v) is 3.86. The van der Waals surface area contributed by atoms with Crippen molar-refractivity contribution in [3.63, 3.8) is 0 Å². The van der Waals surface area contributed by atoms with Gasteiger partial charge in [-0.25, -0.2) is 0 Å². The Labute approximate surface area is 179 Å². The van der Waals surface area contributed by atoms with Gasteiger partial charge < -0.3 is 9.80 Å². The van der Waals surface area contributed by atoms with E-state index < -0.39 is 22.4 Å². The molecule has 10 heteroatoms. The van der Waals surface area contributed by atoms with Crippen LogP contribution in [-0.4, -0.2) is 41.9 Å². The predicted molar refractivity (Wildman–Crippen MR) is 109 cm³/mol. The molecule has 1 saturated heterocycles. The standard InChI is InChI=1S/C20H19BrF3N3O3/c21-16-3-1-2-14(12-16)4-7-19(28)26-10-8-25(9-11-26)17-6-5-15(20(22,23)24)13-18(17)27(29)30/h1-3,5-6,12-13H,4,7-11H2. The first-order valence-electron chi connectivity index (χ1n) is 9.28. The summed E-state index contributed by atoms with van der Waals surface area (Å²) in [6, 6.07) is 10.2. The lowest BCUT2D eigenvalue weighted by Crippen LogP contribution is -2.49. The smallest absolute Gasteiger partial charge is 0.362 e. The first-order valence-corrected chi connectivity index (χ1v) is 10.1. The van der Waals surface area contributed by atoms with Gasteiger partial charge in [0, 0.05) is 43.1 Å². The van der Waals surface area contributed by atoms with Crippen LogP contribution in [0.25, 0.3) is 0 Å². The molecule has 0 N–H and O–H groups in total. The van der Waals surface area contributed by atoms with E-state index in [1.54, 1.807) is 9.80 Å². The third-order valence-corrected chi connectivity index (χ3v) is 5.48. The Hall–Kier alpha value is -2.62. The molecule has 3 rings (SSSR count). The highest BCUT2D eigenvalue weighted by Gasteiger charge is 2.34. The molecular formula is C20H19BrF3N3O3. The number of nitro benzene ring substituents is 1. The number of nitro groups is 1. The molecule has 1 aliphatic rings. The number of piperazine rings is 1. The number of aryl methyl sites for hydroxylation is 1. The van der Waals surface area contributed by atoms with Crippen LogP contribution >= 0.6 is 15.9 Å². The third-order valence-electron chi connectivity index (χ3n) is 4.99. The van der Waals surface area contributed by atoms with E-state index in [0.717, 1.165) is 22.2 Å². The first-order chi connectivity index (χ1) is 14.1. The predicted octanol–water partition coefficient (Wildman–Crippen LogP) is 4.66. The van der Waals surface area contributed by atoms with Crippen LogP contribution in [0.1, 0.15) is 17.5 Å². The van der Waals surface area contributed by atoms with Crippen LogP contribution in [-0.2, 0) is 17.4 Å². The second-order valence-corrected chi connectivity index (χ2v) is 7.87. The molecule has 30 heavy (non-hydrogen) atoms. The SMILES string of the molecule is O=C(CCc1cccc(Br)c1)N1CCN(c2ccc(C(F)(F)F)cc2[N+](=O)[O-])CC1. The zero-order valence-electron chi connectivity index (χ0n) is 15.9. The minimum atomic E-state index is -4.65. The van der Waals surface area contributed by atoms with Crippen molar-refractivity contribution in [3.8, 4) is 0 Å². The second-order valence-electron chi connectivity index (χ2n) is 6.96. The van der Waals surface area contributed by atoms with Crippen LogP contribution in [0.5, 0.6) is 0 Å². The summed E-state index contributed by atoms with van der Waals surface area (Å²) < 4.78 is 39.6. The number of carbonyl (C=O) groups is 1. The van der Waals surface area contributed by atoms with Gasteiger partial charge >= 0.3 is 6.18 Å². The summed E-state index contributed by atoms with van der Waals surface area (Å²) in [5, 5.41) is 11.3. The molecule has 0 unspecified atom stereocenters. The summed E-state index contributed by atoms with van der Waals surface area (Å²) in [6.45, 7) is 1.34. The highest BCUT2D eigenvalue weighted by Crippen LogP contribution is 2.36. The number of hydrogen-bond acceptors (Lipinski definition) is 4. The van der Waals surface area contributed by atoms with Gasteiger partial charge in [-0.05, 0) is 36.2 Å². The van der Waals surface area contributed by atoms with Crippen molar-refractivity contribution in [2.75, 3.05) is 31.1 Å². The Bertz CT molecular complexity index is 944. The number of hydrogen-bond donors (Lipinski definition) is 0. The molecule has 160 valence electrons. The Morgan fingerprint density at radius 2 is 1.80 bits per heavy atom. The van der Waals surface area contributed by atoms with E-state index in [0.29, 0.717) is 45.1 Å². The summed E-state index contributed by atoms with van der Waals surface area (Å²) in [5.74, 6) is -0.0171. The normalized spacial score (nSPS) is 14.7. The van der Waals surface area contributed by atoms with Crippen molar-refractivity contribution in [1.29, 1.82) is 0 Å². The number of alkyl halides is 3. The molecule has 1 fully saturated rings. The monoisotopic (exact) mass is 485 g/mol. The van der Waals surface area contributed by atoms with Crippen LogP contribution in [0.4, 0.5) is 24.5 Å². The molecule has 0 aliphatic carbocycles. The second kappa shape index (κ2) is 9.03. The molecule has 0 atom stereocenters. The topological polar surface area (TPSA) is 66.7 Å². The molecule has 0 saturated carbocycles. The summed E-state index contributed by atoms with van der Waals surface area (Å²) in [7, 11) is 0. The summed E-state index contributed by atoms with van der Waals surface area (Å²) in [4.78, 5) is 26.3. The molecule has 0 bridgehead atoms. The van der Waals surface area contributed by atoms with Gasteiger partial charge in [-0.3, -0.25) is 14.9 Å². The zero-order chi connectivity index (χ0) is 21.9. The minimum absolute atomic E-state index is 0.0171. The quantitative estimate of drug-likeness (QED) is 0.456. The maximum Gasteiger partial charge on any atom is 0.416 e. The van der Waals surface area contributed by atoms with Gasteiger partial charge in [0.05, 0.1) is 10.5 Å². The van der Waals surface area contributed by atoms with E-state index in [-0.39, 0.29) is 11.6 Å². The van der Waals surface area contributed by atoms with Gasteiger partial charge in [0.15, 0.2) is 0 Å². The van der Waals surface area contributed by atoms with Crippen molar-refractivity contribution in [1.82, 2.24) is 4.90 Å². The average Bonchev–Trinajstić information content (AvgIpc) is 2.71. The number of rotatable bonds is 5. The molecule has 1 amide bonds. The van der Waals surface area contributed by atoms with E-state index in [2.05, 4.69) is 15.9 Å². The molecule has 2 aromatic rings. The molecule has 1 aliphatic heterocycles. The van der Waals surface area contributed by atoms with Gasteiger partial charge in [-0.2, -0.15) is 13.2 Å². The number of nitrogens with zero attached hydrogens (tertiary/aromatic N) is 3. The van der Waals surface area contributed by atoms with Crippen LogP contribution < -0.4 is 4.90 Å². The lowest BCUT2D eigenvalue weighted by molar-refractivity contribution is -0.384. The van der Waals surface area contributed by atoms with E-state index in [9.17, 15) is 28.1 Å². The van der Waals surface area contributed by atoms with Gasteiger partial charge in [0.2, 0.25) is 5.91 Å². The van der Waals surface area contributed by atoms with Crippen molar-refractivity contribution >= 4 is 33.2 Å². The van der Waals surface area contributed by atoms with E-state index in [1.807, 2.05) is 24.3 Å². The number of halogens is 4. The number of amides is 1. The summed E-state index contributed by atoms with van der Waals surface area (Å²) in [6.07, 6.45) is -3.71. The van der Waals surface area contributed by atoms with Crippen molar-refractivity contribution in [3.05, 3.63) is 68.2 Å². The fraction of sp³-hybridized carbons (Fsp3) is 0.350. The maximum absolute atomic E-state index is 12.9. The Morgan fingerprint density at radius 1 is 1.10 bits per heavy atom. The van der Waals surface area contributed by atoms with Gasteiger partial charge in [0.25, 0.3) is 5.69 Å². The zero-order valence-corrected chi connectivity index (χ0v) is 17.4. The maximum atomic E-state index is 12.9. The van der Waals surface area contributed by atoms with Gasteiger partial charge in [-0.15, -0.1) is 0 Å². The van der Waals surface area contributed by atoms with E-state index in [1.165, 1.54) is 0 Å². The molecule has 0 spiro atoms. The Balaban J connectivity index is 1.62. The lowest BCUT2D eigenvalue weighted by Gasteiger charge is -2.36. The van der Waals surface area contributed by atoms with Crippen molar-refractivity contribution < 1.29 is 22.9 Å². The third kappa shape index (κ3) is 5.29. The Morgan fingerprint density at radius 3 is 2.40 bits per heavy atom. The van der Waals surface area contributed by atoms with E-state index in [4.69, 9.17) is 0 Å². The average molecular weight is 486 g/mol. The number of anilines is 1. The molecule has 1 heterocycles. The molecule has 6 nitrogen and oxygen atoms in total. The van der Waals surface area contributed by atoms with Crippen LogP contribution in [0.3, 0.4) is 0 Å². The number of carbonyl (C=O) groups excluding carboxylic acids is 1. The first kappa shape index (κ1) is 22.1. The van der Waals surface area contributed by atoms with E-state index >= 15 is 0 Å². The van der Waals surface area contributed by atoms with Crippen molar-refractivity contribution in [2.45, 2.75) is 19.0 Å². The van der Waals surface area contributed by atoms with Gasteiger partial charge in [0.1, 0.15) is 5.69 Å². The largest absolute Gasteiger partial charge is 0.416 e. The number of benzene rings is 2. The minimum Gasteiger partial charge on any atom is -0.362 e. The molecular weight excluding hydrogens is 467 g/mol. The molecule has 0 radical (unpaired) electrons. The molecule has 2 aromatic carbocycles. The highest BCUT2D eigenvalue weighted by molar-refractivity contribution is 9.10. The van der Waals surface area contributed by atoms with Gasteiger partial charge in [-0.1, -0.05) is 28.1 Å². The highest BCUT2D eigenvalue weighted by atomic mass is 79.9. The fourth-order valence-electron chi connectivity index (χ4n) is 3.41. The lowest BCUT2D eigenvalue weighted by atomic mass is 10.1. The molecule has 0 aromatic heterocycles. The van der Waals surface area contributed by atoms with Crippen LogP contribution in [0, 0.1) is 10.1 Å². The summed E-state index contributed by atoms with van der Waals surface area (Å²) in [5.41, 5.74) is -0.468. The summed E-state index contributed by atoms with van der Waals surface area (Å²) >= 11 is 3.39. The Kier molecular flexibility index (Phi) is 6.64.